The van der Waals surface area contributed by atoms with Crippen LogP contribution in [-0.4, -0.2) is 71.0 Å². The van der Waals surface area contributed by atoms with Crippen LogP contribution in [0.15, 0.2) is 40.9 Å². The molecule has 9 rings (SSSR count). The molecule has 2 aromatic heterocycles. The standard InChI is InChI=1S/C28H33N7O2S/c1-28-8-11-34(12-9-28)23-14-20(32-38-21-4-5-21)3-6-22(23)26-31-30-25(37-26)18-7-10-29-24(13-18)35-15-19(16-35)27(36)33(2)17-28/h3,6-7,10,13-14,19,21,32H,4-5,8-9,11-12,15-17H2,1-2H3. The summed E-state index contributed by atoms with van der Waals surface area (Å²) < 4.78 is 9.81. The van der Waals surface area contributed by atoms with Gasteiger partial charge in [0.05, 0.1) is 17.2 Å². The van der Waals surface area contributed by atoms with Crippen molar-refractivity contribution in [2.45, 2.75) is 37.9 Å². The van der Waals surface area contributed by atoms with Gasteiger partial charge in [0.1, 0.15) is 5.82 Å². The van der Waals surface area contributed by atoms with E-state index in [2.05, 4.69) is 54.8 Å². The zero-order valence-electron chi connectivity index (χ0n) is 21.9. The van der Waals surface area contributed by atoms with Crippen molar-refractivity contribution >= 4 is 35.0 Å². The molecule has 1 amide bonds. The van der Waals surface area contributed by atoms with Crippen LogP contribution >= 0.6 is 11.9 Å². The van der Waals surface area contributed by atoms with Gasteiger partial charge in [0, 0.05) is 62.5 Å². The van der Waals surface area contributed by atoms with Gasteiger partial charge in [0.15, 0.2) is 0 Å². The molecule has 3 aromatic rings. The van der Waals surface area contributed by atoms with E-state index >= 15 is 0 Å². The van der Waals surface area contributed by atoms with Crippen molar-refractivity contribution in [3.8, 4) is 22.9 Å². The van der Waals surface area contributed by atoms with Gasteiger partial charge in [0.2, 0.25) is 17.7 Å². The SMILES string of the molecule is CN1CC2(C)CCN(CC2)c2cc(NSC3CC3)ccc2-c2nnc(o2)-c2ccnc(c2)N2CC(C2)C1=O. The van der Waals surface area contributed by atoms with Gasteiger partial charge in [-0.15, -0.1) is 10.2 Å². The molecule has 0 spiro atoms. The highest BCUT2D eigenvalue weighted by molar-refractivity contribution is 8.01. The van der Waals surface area contributed by atoms with Crippen LogP contribution in [0.1, 0.15) is 32.6 Å². The zero-order chi connectivity index (χ0) is 25.9. The summed E-state index contributed by atoms with van der Waals surface area (Å²) in [5.74, 6) is 2.07. The van der Waals surface area contributed by atoms with E-state index in [1.54, 1.807) is 6.20 Å². The van der Waals surface area contributed by atoms with Gasteiger partial charge in [-0.1, -0.05) is 6.92 Å². The van der Waals surface area contributed by atoms with Gasteiger partial charge in [-0.25, -0.2) is 4.98 Å². The predicted molar refractivity (Wildman–Crippen MR) is 150 cm³/mol. The topological polar surface area (TPSA) is 90.6 Å². The second kappa shape index (κ2) is 9.18. The first-order valence-electron chi connectivity index (χ1n) is 13.6. The normalized spacial score (nSPS) is 24.9. The third-order valence-corrected chi connectivity index (χ3v) is 9.53. The maximum absolute atomic E-state index is 13.2. The molecule has 1 aliphatic carbocycles. The van der Waals surface area contributed by atoms with Crippen molar-refractivity contribution in [3.63, 3.8) is 0 Å². The Morgan fingerprint density at radius 2 is 1.84 bits per heavy atom. The summed E-state index contributed by atoms with van der Waals surface area (Å²) >= 11 is 1.81. The summed E-state index contributed by atoms with van der Waals surface area (Å²) in [5, 5.41) is 9.60. The van der Waals surface area contributed by atoms with E-state index in [9.17, 15) is 4.79 Å². The average Bonchev–Trinajstić information content (AvgIpc) is 3.60. The fourth-order valence-corrected chi connectivity index (χ4v) is 6.58. The molecule has 0 atom stereocenters. The number of carbonyl (C=O) groups is 1. The number of hydrogen-bond donors (Lipinski definition) is 1. The van der Waals surface area contributed by atoms with Gasteiger partial charge in [0.25, 0.3) is 0 Å². The maximum atomic E-state index is 13.2. The second-order valence-electron chi connectivity index (χ2n) is 11.6. The summed E-state index contributed by atoms with van der Waals surface area (Å²) in [5.41, 5.74) is 4.06. The van der Waals surface area contributed by atoms with E-state index in [1.165, 1.54) is 12.8 Å². The Morgan fingerprint density at radius 3 is 2.63 bits per heavy atom. The van der Waals surface area contributed by atoms with Crippen LogP contribution in [0.2, 0.25) is 0 Å². The zero-order valence-corrected chi connectivity index (χ0v) is 22.7. The minimum Gasteiger partial charge on any atom is -0.416 e. The summed E-state index contributed by atoms with van der Waals surface area (Å²) in [6, 6.07) is 10.3. The van der Waals surface area contributed by atoms with Crippen LogP contribution in [0, 0.1) is 11.3 Å². The predicted octanol–water partition coefficient (Wildman–Crippen LogP) is 4.54. The largest absolute Gasteiger partial charge is 0.416 e. The Balaban J connectivity index is 1.27. The highest BCUT2D eigenvalue weighted by Crippen LogP contribution is 2.41. The third-order valence-electron chi connectivity index (χ3n) is 8.37. The fraction of sp³-hybridized carbons (Fsp3) is 0.500. The Kier molecular flexibility index (Phi) is 5.76. The number of nitrogens with zero attached hydrogens (tertiary/aromatic N) is 6. The van der Waals surface area contributed by atoms with Crippen LogP contribution in [0.25, 0.3) is 22.9 Å². The highest BCUT2D eigenvalue weighted by atomic mass is 32.2. The summed E-state index contributed by atoms with van der Waals surface area (Å²) in [6.45, 7) is 6.30. The van der Waals surface area contributed by atoms with Crippen molar-refractivity contribution < 1.29 is 9.21 Å². The van der Waals surface area contributed by atoms with Crippen LogP contribution in [0.3, 0.4) is 0 Å². The van der Waals surface area contributed by atoms with Crippen molar-refractivity contribution in [3.05, 3.63) is 36.5 Å². The molecule has 0 unspecified atom stereocenters. The van der Waals surface area contributed by atoms with E-state index in [0.29, 0.717) is 30.1 Å². The number of piperidine rings is 1. The van der Waals surface area contributed by atoms with E-state index in [-0.39, 0.29) is 17.2 Å². The van der Waals surface area contributed by atoms with Crippen molar-refractivity contribution in [1.29, 1.82) is 0 Å². The molecule has 0 radical (unpaired) electrons. The smallest absolute Gasteiger partial charge is 0.250 e. The number of rotatable bonds is 3. The van der Waals surface area contributed by atoms with Gasteiger partial charge in [-0.3, -0.25) is 4.79 Å². The quantitative estimate of drug-likeness (QED) is 0.489. The maximum Gasteiger partial charge on any atom is 0.250 e. The number of benzene rings is 1. The lowest BCUT2D eigenvalue weighted by molar-refractivity contribution is -0.136. The number of amides is 1. The number of aromatic nitrogens is 3. The fourth-order valence-electron chi connectivity index (χ4n) is 5.78. The van der Waals surface area contributed by atoms with Crippen LogP contribution < -0.4 is 14.5 Å². The number of fused-ring (bicyclic) bond motifs is 1. The molecule has 1 aromatic carbocycles. The molecule has 1 N–H and O–H groups in total. The molecule has 6 aliphatic rings. The molecule has 198 valence electrons. The van der Waals surface area contributed by atoms with Gasteiger partial charge in [-0.05, 0) is 73.4 Å². The molecule has 3 fully saturated rings. The minimum absolute atomic E-state index is 0.00865. The number of nitrogens with one attached hydrogen (secondary N) is 1. The molecule has 2 saturated heterocycles. The monoisotopic (exact) mass is 531 g/mol. The van der Waals surface area contributed by atoms with Crippen molar-refractivity contribution in [2.24, 2.45) is 11.3 Å². The summed E-state index contributed by atoms with van der Waals surface area (Å²) in [7, 11) is 1.97. The Morgan fingerprint density at radius 1 is 1.05 bits per heavy atom. The number of carbonyl (C=O) groups excluding carboxylic acids is 1. The highest BCUT2D eigenvalue weighted by Gasteiger charge is 2.39. The van der Waals surface area contributed by atoms with Gasteiger partial charge < -0.3 is 23.8 Å². The lowest BCUT2D eigenvalue weighted by Crippen LogP contribution is -2.55. The van der Waals surface area contributed by atoms with E-state index in [1.807, 2.05) is 36.0 Å². The third kappa shape index (κ3) is 4.48. The van der Waals surface area contributed by atoms with E-state index in [0.717, 1.165) is 60.8 Å². The molecular formula is C28H33N7O2S. The first-order chi connectivity index (χ1) is 18.4. The van der Waals surface area contributed by atoms with Crippen molar-refractivity contribution in [2.75, 3.05) is 54.3 Å². The molecule has 10 heteroatoms. The number of hydrogen-bond acceptors (Lipinski definition) is 9. The minimum atomic E-state index is 0.00865. The van der Waals surface area contributed by atoms with Gasteiger partial charge >= 0.3 is 0 Å². The summed E-state index contributed by atoms with van der Waals surface area (Å²) in [6.07, 6.45) is 6.36. The molecule has 5 aliphatic heterocycles. The van der Waals surface area contributed by atoms with Gasteiger partial charge in [-0.2, -0.15) is 0 Å². The first kappa shape index (κ1) is 23.8. The second-order valence-corrected chi connectivity index (χ2v) is 12.7. The first-order valence-corrected chi connectivity index (χ1v) is 14.4. The Hall–Kier alpha value is -3.27. The van der Waals surface area contributed by atoms with Crippen LogP contribution in [-0.2, 0) is 4.79 Å². The molecule has 38 heavy (non-hydrogen) atoms. The average molecular weight is 532 g/mol. The number of anilines is 3. The lowest BCUT2D eigenvalue weighted by Gasteiger charge is -2.45. The summed E-state index contributed by atoms with van der Waals surface area (Å²) in [4.78, 5) is 24.3. The molecule has 8 bridgehead atoms. The van der Waals surface area contributed by atoms with E-state index in [4.69, 9.17) is 4.42 Å². The van der Waals surface area contributed by atoms with Crippen molar-refractivity contribution in [1.82, 2.24) is 20.1 Å². The molecule has 1 saturated carbocycles. The molecule has 7 heterocycles. The molecular weight excluding hydrogens is 498 g/mol. The Bertz CT molecular complexity index is 1360. The lowest BCUT2D eigenvalue weighted by atomic mass is 9.79. The van der Waals surface area contributed by atoms with Crippen LogP contribution in [0.4, 0.5) is 17.2 Å². The van der Waals surface area contributed by atoms with Crippen LogP contribution in [0.5, 0.6) is 0 Å². The number of pyridine rings is 1. The Labute approximate surface area is 227 Å². The molecule has 9 nitrogen and oxygen atoms in total. The van der Waals surface area contributed by atoms with E-state index < -0.39 is 0 Å².